The minimum absolute atomic E-state index is 0.112. The minimum Gasteiger partial charge on any atom is -0.312 e. The first-order chi connectivity index (χ1) is 8.66. The Hall–Kier alpha value is -2.49. The molecule has 1 aliphatic rings. The first-order valence-corrected chi connectivity index (χ1v) is 5.42. The maximum Gasteiger partial charge on any atom is 0.366 e. The van der Waals surface area contributed by atoms with E-state index in [4.69, 9.17) is 4.84 Å². The van der Waals surface area contributed by atoms with Crippen LogP contribution in [0.25, 0.3) is 0 Å². The first kappa shape index (κ1) is 12.0. The van der Waals surface area contributed by atoms with Gasteiger partial charge in [0.2, 0.25) is 0 Å². The largest absolute Gasteiger partial charge is 0.366 e. The number of allylic oxidation sites excluding steroid dienone is 4. The van der Waals surface area contributed by atoms with Crippen molar-refractivity contribution in [2.45, 2.75) is 6.92 Å². The fourth-order valence-electron chi connectivity index (χ4n) is 1.45. The van der Waals surface area contributed by atoms with E-state index in [1.54, 1.807) is 12.1 Å². The van der Waals surface area contributed by atoms with Gasteiger partial charge >= 0.3 is 5.97 Å². The summed E-state index contributed by atoms with van der Waals surface area (Å²) in [6.45, 7) is 1.82. The van der Waals surface area contributed by atoms with Gasteiger partial charge in [0.05, 0.1) is 5.56 Å². The number of rotatable bonds is 2. The van der Waals surface area contributed by atoms with Crippen molar-refractivity contribution in [3.05, 3.63) is 59.7 Å². The van der Waals surface area contributed by atoms with Gasteiger partial charge in [-0.1, -0.05) is 23.4 Å². The molecular formula is C14H11NO3. The van der Waals surface area contributed by atoms with Crippen LogP contribution in [-0.2, 0) is 9.63 Å². The smallest absolute Gasteiger partial charge is 0.312 e. The molecule has 0 N–H and O–H groups in total. The van der Waals surface area contributed by atoms with E-state index < -0.39 is 5.97 Å². The first-order valence-electron chi connectivity index (χ1n) is 5.42. The summed E-state index contributed by atoms with van der Waals surface area (Å²) in [4.78, 5) is 27.4. The molecule has 90 valence electrons. The second kappa shape index (κ2) is 5.23. The normalized spacial score (nSPS) is 13.6. The van der Waals surface area contributed by atoms with Crippen molar-refractivity contribution in [1.82, 2.24) is 0 Å². The molecule has 4 nitrogen and oxygen atoms in total. The lowest BCUT2D eigenvalue weighted by molar-refractivity contribution is -0.110. The van der Waals surface area contributed by atoms with Crippen LogP contribution in [0.4, 0.5) is 0 Å². The molecule has 0 heterocycles. The number of benzene rings is 1. The molecule has 0 spiro atoms. The summed E-state index contributed by atoms with van der Waals surface area (Å²) >= 11 is 0. The van der Waals surface area contributed by atoms with E-state index in [1.165, 1.54) is 24.3 Å². The van der Waals surface area contributed by atoms with E-state index in [-0.39, 0.29) is 5.78 Å². The SMILES string of the molecule is Cc1ccccc1C(=O)ON=C1C=CC(=O)C=C1. The van der Waals surface area contributed by atoms with Crippen molar-refractivity contribution in [2.75, 3.05) is 0 Å². The minimum atomic E-state index is -0.515. The highest BCUT2D eigenvalue weighted by molar-refractivity contribution is 6.16. The van der Waals surface area contributed by atoms with E-state index in [9.17, 15) is 9.59 Å². The van der Waals surface area contributed by atoms with Gasteiger partial charge in [0, 0.05) is 0 Å². The highest BCUT2D eigenvalue weighted by Crippen LogP contribution is 2.09. The molecule has 18 heavy (non-hydrogen) atoms. The Balaban J connectivity index is 2.08. The molecule has 0 aliphatic heterocycles. The molecule has 0 amide bonds. The number of carbonyl (C=O) groups excluding carboxylic acids is 2. The molecule has 1 aromatic rings. The van der Waals surface area contributed by atoms with Crippen molar-refractivity contribution in [1.29, 1.82) is 0 Å². The zero-order chi connectivity index (χ0) is 13.0. The Morgan fingerprint density at radius 3 is 2.44 bits per heavy atom. The van der Waals surface area contributed by atoms with Crippen LogP contribution >= 0.6 is 0 Å². The van der Waals surface area contributed by atoms with Crippen molar-refractivity contribution < 1.29 is 14.4 Å². The van der Waals surface area contributed by atoms with Crippen molar-refractivity contribution in [3.8, 4) is 0 Å². The summed E-state index contributed by atoms with van der Waals surface area (Å²) < 4.78 is 0. The quantitative estimate of drug-likeness (QED) is 0.453. The lowest BCUT2D eigenvalue weighted by atomic mass is 10.1. The summed E-state index contributed by atoms with van der Waals surface area (Å²) in [5, 5.41) is 3.68. The van der Waals surface area contributed by atoms with Crippen molar-refractivity contribution in [2.24, 2.45) is 5.16 Å². The van der Waals surface area contributed by atoms with Crippen LogP contribution in [0.2, 0.25) is 0 Å². The molecule has 0 aromatic heterocycles. The highest BCUT2D eigenvalue weighted by Gasteiger charge is 2.10. The summed E-state index contributed by atoms with van der Waals surface area (Å²) in [6.07, 6.45) is 5.71. The van der Waals surface area contributed by atoms with Crippen LogP contribution in [0, 0.1) is 6.92 Å². The molecule has 0 radical (unpaired) electrons. The second-order valence-corrected chi connectivity index (χ2v) is 3.78. The third-order valence-corrected chi connectivity index (χ3v) is 2.44. The van der Waals surface area contributed by atoms with Gasteiger partial charge in [0.1, 0.15) is 5.71 Å². The lowest BCUT2D eigenvalue weighted by Gasteiger charge is -2.02. The molecular weight excluding hydrogens is 230 g/mol. The third-order valence-electron chi connectivity index (χ3n) is 2.44. The number of hydrogen-bond donors (Lipinski definition) is 0. The predicted octanol–water partition coefficient (Wildman–Crippen LogP) is 2.20. The Morgan fingerprint density at radius 2 is 1.78 bits per heavy atom. The van der Waals surface area contributed by atoms with Gasteiger partial charge in [-0.25, -0.2) is 4.79 Å². The standard InChI is InChI=1S/C14H11NO3/c1-10-4-2-3-5-13(10)14(17)18-15-11-6-8-12(16)9-7-11/h2-9H,1H3. The number of carbonyl (C=O) groups is 2. The zero-order valence-corrected chi connectivity index (χ0v) is 9.79. The van der Waals surface area contributed by atoms with Crippen LogP contribution in [-0.4, -0.2) is 17.5 Å². The molecule has 0 bridgehead atoms. The second-order valence-electron chi connectivity index (χ2n) is 3.78. The Bertz CT molecular complexity index is 564. The maximum absolute atomic E-state index is 11.7. The van der Waals surface area contributed by atoms with E-state index in [0.29, 0.717) is 11.3 Å². The summed E-state index contributed by atoms with van der Waals surface area (Å²) in [5.74, 6) is -0.626. The molecule has 1 aliphatic carbocycles. The molecule has 0 saturated heterocycles. The average molecular weight is 241 g/mol. The molecule has 2 rings (SSSR count). The number of ketones is 1. The summed E-state index contributed by atoms with van der Waals surface area (Å²) in [7, 11) is 0. The van der Waals surface area contributed by atoms with Crippen LogP contribution in [0.15, 0.2) is 53.7 Å². The maximum atomic E-state index is 11.7. The number of oxime groups is 1. The molecule has 1 aromatic carbocycles. The van der Waals surface area contributed by atoms with Gasteiger partial charge in [-0.2, -0.15) is 0 Å². The Kier molecular flexibility index (Phi) is 3.48. The van der Waals surface area contributed by atoms with Gasteiger partial charge in [0.25, 0.3) is 0 Å². The molecule has 0 unspecified atom stereocenters. The Morgan fingerprint density at radius 1 is 1.11 bits per heavy atom. The van der Waals surface area contributed by atoms with E-state index in [2.05, 4.69) is 5.16 Å². The number of nitrogens with zero attached hydrogens (tertiary/aromatic N) is 1. The van der Waals surface area contributed by atoms with Gasteiger partial charge in [-0.05, 0) is 42.9 Å². The topological polar surface area (TPSA) is 55.7 Å². The highest BCUT2D eigenvalue weighted by atomic mass is 16.7. The third kappa shape index (κ3) is 2.79. The van der Waals surface area contributed by atoms with Gasteiger partial charge in [-0.3, -0.25) is 4.79 Å². The molecule has 0 atom stereocenters. The van der Waals surface area contributed by atoms with Crippen LogP contribution < -0.4 is 0 Å². The number of aryl methyl sites for hydroxylation is 1. The van der Waals surface area contributed by atoms with Gasteiger partial charge in [-0.15, -0.1) is 0 Å². The molecule has 0 fully saturated rings. The van der Waals surface area contributed by atoms with Crippen LogP contribution in [0.5, 0.6) is 0 Å². The summed E-state index contributed by atoms with van der Waals surface area (Å²) in [6, 6.07) is 7.10. The number of hydrogen-bond acceptors (Lipinski definition) is 4. The van der Waals surface area contributed by atoms with Crippen molar-refractivity contribution in [3.63, 3.8) is 0 Å². The van der Waals surface area contributed by atoms with Crippen molar-refractivity contribution >= 4 is 17.5 Å². The van der Waals surface area contributed by atoms with Crippen LogP contribution in [0.3, 0.4) is 0 Å². The Labute approximate surface area is 104 Å². The fraction of sp³-hybridized carbons (Fsp3) is 0.0714. The zero-order valence-electron chi connectivity index (χ0n) is 9.79. The fourth-order valence-corrected chi connectivity index (χ4v) is 1.45. The molecule has 0 saturated carbocycles. The van der Waals surface area contributed by atoms with Gasteiger partial charge in [0.15, 0.2) is 5.78 Å². The average Bonchev–Trinajstić information content (AvgIpc) is 2.38. The van der Waals surface area contributed by atoms with E-state index in [1.807, 2.05) is 19.1 Å². The molecule has 4 heteroatoms. The van der Waals surface area contributed by atoms with Crippen LogP contribution in [0.1, 0.15) is 15.9 Å². The monoisotopic (exact) mass is 241 g/mol. The summed E-state index contributed by atoms with van der Waals surface area (Å²) in [5.41, 5.74) is 1.73. The lowest BCUT2D eigenvalue weighted by Crippen LogP contribution is -2.06. The van der Waals surface area contributed by atoms with E-state index in [0.717, 1.165) is 5.56 Å². The predicted molar refractivity (Wildman–Crippen MR) is 67.3 cm³/mol. The van der Waals surface area contributed by atoms with E-state index >= 15 is 0 Å². The van der Waals surface area contributed by atoms with Gasteiger partial charge < -0.3 is 4.84 Å².